The number of hydrogen-bond acceptors (Lipinski definition) is 5. The van der Waals surface area contributed by atoms with E-state index in [9.17, 15) is 0 Å². The first kappa shape index (κ1) is 13.2. The molecule has 1 aliphatic heterocycles. The van der Waals surface area contributed by atoms with Crippen LogP contribution in [0.2, 0.25) is 0 Å². The third-order valence-electron chi connectivity index (χ3n) is 3.14. The predicted octanol–water partition coefficient (Wildman–Crippen LogP) is 2.10. The van der Waals surface area contributed by atoms with Gasteiger partial charge in [0.15, 0.2) is 5.17 Å². The van der Waals surface area contributed by atoms with Crippen molar-refractivity contribution in [2.45, 2.75) is 18.2 Å². The van der Waals surface area contributed by atoms with Crippen molar-refractivity contribution in [2.24, 2.45) is 4.99 Å². The number of nitrogens with zero attached hydrogens (tertiary/aromatic N) is 4. The lowest BCUT2D eigenvalue weighted by Crippen LogP contribution is -2.21. The Labute approximate surface area is 122 Å². The van der Waals surface area contributed by atoms with Crippen molar-refractivity contribution in [2.75, 3.05) is 13.1 Å². The third kappa shape index (κ3) is 3.39. The molecule has 2 heterocycles. The Bertz CT molecular complexity index is 552. The molecule has 0 amide bonds. The molecule has 5 nitrogen and oxygen atoms in total. The standard InChI is InChI=1S/C14H17N5S/c1-2-5-12(6-3-1)13-11-16-14(20-13)15-7-4-9-19-10-8-17-18-19/h1-3,5-6,8,10,13H,4,7,9,11H2,(H,15,16). The number of amidine groups is 1. The summed E-state index contributed by atoms with van der Waals surface area (Å²) in [5.74, 6) is 0. The second-order valence-electron chi connectivity index (χ2n) is 4.61. The zero-order valence-electron chi connectivity index (χ0n) is 11.1. The van der Waals surface area contributed by atoms with Crippen LogP contribution in [0.4, 0.5) is 0 Å². The zero-order valence-corrected chi connectivity index (χ0v) is 12.0. The van der Waals surface area contributed by atoms with Crippen LogP contribution >= 0.6 is 11.8 Å². The Kier molecular flexibility index (Phi) is 4.32. The topological polar surface area (TPSA) is 55.1 Å². The van der Waals surface area contributed by atoms with Gasteiger partial charge in [0, 0.05) is 19.3 Å². The number of aryl methyl sites for hydroxylation is 1. The summed E-state index contributed by atoms with van der Waals surface area (Å²) in [4.78, 5) is 4.56. The molecule has 3 rings (SSSR count). The molecule has 1 atom stereocenters. The third-order valence-corrected chi connectivity index (χ3v) is 4.34. The van der Waals surface area contributed by atoms with E-state index in [0.29, 0.717) is 5.25 Å². The lowest BCUT2D eigenvalue weighted by atomic mass is 10.1. The van der Waals surface area contributed by atoms with Crippen molar-refractivity contribution in [1.82, 2.24) is 20.3 Å². The van der Waals surface area contributed by atoms with Crippen LogP contribution in [0, 0.1) is 0 Å². The van der Waals surface area contributed by atoms with Gasteiger partial charge in [-0.05, 0) is 12.0 Å². The zero-order chi connectivity index (χ0) is 13.6. The van der Waals surface area contributed by atoms with E-state index in [1.807, 2.05) is 28.7 Å². The average Bonchev–Trinajstić information content (AvgIpc) is 3.16. The second kappa shape index (κ2) is 6.56. The van der Waals surface area contributed by atoms with Gasteiger partial charge in [-0.3, -0.25) is 9.67 Å². The monoisotopic (exact) mass is 287 g/mol. The van der Waals surface area contributed by atoms with Gasteiger partial charge in [-0.1, -0.05) is 47.3 Å². The molecule has 1 aliphatic rings. The van der Waals surface area contributed by atoms with Gasteiger partial charge in [0.25, 0.3) is 0 Å². The first-order valence-electron chi connectivity index (χ1n) is 6.76. The van der Waals surface area contributed by atoms with E-state index in [1.54, 1.807) is 6.20 Å². The molecule has 104 valence electrons. The van der Waals surface area contributed by atoms with E-state index in [0.717, 1.165) is 31.2 Å². The molecule has 0 bridgehead atoms. The smallest absolute Gasteiger partial charge is 0.157 e. The number of nitrogens with one attached hydrogen (secondary N) is 1. The van der Waals surface area contributed by atoms with Gasteiger partial charge in [-0.2, -0.15) is 0 Å². The molecule has 1 N–H and O–H groups in total. The van der Waals surface area contributed by atoms with Gasteiger partial charge < -0.3 is 5.32 Å². The molecular weight excluding hydrogens is 270 g/mol. The van der Waals surface area contributed by atoms with Crippen LogP contribution in [-0.4, -0.2) is 33.3 Å². The maximum Gasteiger partial charge on any atom is 0.157 e. The fourth-order valence-corrected chi connectivity index (χ4v) is 3.15. The van der Waals surface area contributed by atoms with Crippen LogP contribution in [0.5, 0.6) is 0 Å². The van der Waals surface area contributed by atoms with Gasteiger partial charge in [0.05, 0.1) is 18.0 Å². The molecule has 0 saturated carbocycles. The van der Waals surface area contributed by atoms with Crippen molar-refractivity contribution < 1.29 is 0 Å². The van der Waals surface area contributed by atoms with Crippen molar-refractivity contribution in [3.8, 4) is 0 Å². The van der Waals surface area contributed by atoms with E-state index >= 15 is 0 Å². The first-order valence-corrected chi connectivity index (χ1v) is 7.64. The van der Waals surface area contributed by atoms with Crippen molar-refractivity contribution in [3.63, 3.8) is 0 Å². The van der Waals surface area contributed by atoms with Crippen molar-refractivity contribution in [3.05, 3.63) is 48.3 Å². The summed E-state index contributed by atoms with van der Waals surface area (Å²) in [6.45, 7) is 2.65. The van der Waals surface area contributed by atoms with E-state index in [2.05, 4.69) is 44.9 Å². The highest BCUT2D eigenvalue weighted by atomic mass is 32.2. The SMILES string of the molecule is c1ccc(C2CN=C(NCCCn3ccnn3)S2)cc1. The highest BCUT2D eigenvalue weighted by Crippen LogP contribution is 2.33. The fraction of sp³-hybridized carbons (Fsp3) is 0.357. The quantitative estimate of drug-likeness (QED) is 0.856. The van der Waals surface area contributed by atoms with Crippen molar-refractivity contribution in [1.29, 1.82) is 0 Å². The lowest BCUT2D eigenvalue weighted by molar-refractivity contribution is 0.555. The maximum atomic E-state index is 4.56. The highest BCUT2D eigenvalue weighted by molar-refractivity contribution is 8.14. The number of rotatable bonds is 5. The molecule has 0 aliphatic carbocycles. The lowest BCUT2D eigenvalue weighted by Gasteiger charge is -2.09. The molecule has 1 unspecified atom stereocenters. The number of hydrogen-bond donors (Lipinski definition) is 1. The molecule has 1 aromatic carbocycles. The van der Waals surface area contributed by atoms with Crippen LogP contribution < -0.4 is 5.32 Å². The Morgan fingerprint density at radius 1 is 1.30 bits per heavy atom. The van der Waals surface area contributed by atoms with Crippen LogP contribution in [0.15, 0.2) is 47.7 Å². The van der Waals surface area contributed by atoms with Crippen molar-refractivity contribution >= 4 is 16.9 Å². The maximum absolute atomic E-state index is 4.56. The number of aliphatic imine (C=N–C) groups is 1. The average molecular weight is 287 g/mol. The number of thioether (sulfide) groups is 1. The molecule has 0 spiro atoms. The first-order chi connectivity index (χ1) is 9.92. The van der Waals surface area contributed by atoms with E-state index in [1.165, 1.54) is 5.56 Å². The summed E-state index contributed by atoms with van der Waals surface area (Å²) in [6.07, 6.45) is 4.60. The van der Waals surface area contributed by atoms with Crippen LogP contribution in [0.3, 0.4) is 0 Å². The van der Waals surface area contributed by atoms with Gasteiger partial charge in [0.1, 0.15) is 0 Å². The van der Waals surface area contributed by atoms with Gasteiger partial charge in [-0.25, -0.2) is 0 Å². The molecule has 0 saturated heterocycles. The van der Waals surface area contributed by atoms with E-state index in [4.69, 9.17) is 0 Å². The van der Waals surface area contributed by atoms with E-state index in [-0.39, 0.29) is 0 Å². The second-order valence-corrected chi connectivity index (χ2v) is 5.80. The molecule has 0 fully saturated rings. The normalized spacial score (nSPS) is 18.0. The Morgan fingerprint density at radius 2 is 2.20 bits per heavy atom. The summed E-state index contributed by atoms with van der Waals surface area (Å²) in [5.41, 5.74) is 1.35. The van der Waals surface area contributed by atoms with Gasteiger partial charge in [-0.15, -0.1) is 5.10 Å². The number of benzene rings is 1. The Hall–Kier alpha value is -1.82. The molecule has 1 aromatic heterocycles. The van der Waals surface area contributed by atoms with E-state index < -0.39 is 0 Å². The Morgan fingerprint density at radius 3 is 3.00 bits per heavy atom. The molecular formula is C14H17N5S. The molecule has 20 heavy (non-hydrogen) atoms. The molecule has 0 radical (unpaired) electrons. The van der Waals surface area contributed by atoms with Crippen LogP contribution in [0.1, 0.15) is 17.2 Å². The van der Waals surface area contributed by atoms with Gasteiger partial charge in [0.2, 0.25) is 0 Å². The highest BCUT2D eigenvalue weighted by Gasteiger charge is 2.20. The fourth-order valence-electron chi connectivity index (χ4n) is 2.10. The summed E-state index contributed by atoms with van der Waals surface area (Å²) in [6, 6.07) is 10.5. The largest absolute Gasteiger partial charge is 0.365 e. The van der Waals surface area contributed by atoms with Gasteiger partial charge >= 0.3 is 0 Å². The Balaban J connectivity index is 1.40. The predicted molar refractivity (Wildman–Crippen MR) is 81.7 cm³/mol. The minimum atomic E-state index is 0.453. The molecule has 6 heteroatoms. The molecule has 2 aromatic rings. The summed E-state index contributed by atoms with van der Waals surface area (Å²) in [7, 11) is 0. The minimum absolute atomic E-state index is 0.453. The summed E-state index contributed by atoms with van der Waals surface area (Å²) in [5, 5.41) is 12.6. The van der Waals surface area contributed by atoms with Crippen LogP contribution in [0.25, 0.3) is 0 Å². The summed E-state index contributed by atoms with van der Waals surface area (Å²) >= 11 is 1.82. The number of aromatic nitrogens is 3. The summed E-state index contributed by atoms with van der Waals surface area (Å²) < 4.78 is 1.85. The van der Waals surface area contributed by atoms with Crippen LogP contribution in [-0.2, 0) is 6.54 Å². The minimum Gasteiger partial charge on any atom is -0.365 e.